The first-order valence-corrected chi connectivity index (χ1v) is 17.7. The van der Waals surface area contributed by atoms with Crippen LogP contribution in [-0.2, 0) is 4.79 Å². The molecule has 0 saturated carbocycles. The molecule has 4 nitrogen and oxygen atoms in total. The van der Waals surface area contributed by atoms with Gasteiger partial charge in [-0.3, -0.25) is 9.59 Å². The van der Waals surface area contributed by atoms with Gasteiger partial charge in [0.25, 0.3) is 5.91 Å². The Hall–Kier alpha value is -1.27. The summed E-state index contributed by atoms with van der Waals surface area (Å²) in [5.74, 6) is -0.0177. The molecule has 1 aromatic carbocycles. The van der Waals surface area contributed by atoms with Gasteiger partial charge in [-0.1, -0.05) is 90.8 Å². The van der Waals surface area contributed by atoms with Crippen molar-refractivity contribution in [2.45, 2.75) is 115 Å². The molecule has 0 radical (unpaired) electrons. The predicted octanol–water partition coefficient (Wildman–Crippen LogP) is 8.12. The summed E-state index contributed by atoms with van der Waals surface area (Å²) in [6.07, 6.45) is 15.4. The second kappa shape index (κ2) is 17.2. The van der Waals surface area contributed by atoms with Crippen molar-refractivity contribution in [1.29, 1.82) is 0 Å². The van der Waals surface area contributed by atoms with Gasteiger partial charge in [0, 0.05) is 31.5 Å². The van der Waals surface area contributed by atoms with E-state index in [0.29, 0.717) is 18.5 Å². The van der Waals surface area contributed by atoms with Gasteiger partial charge in [-0.15, -0.1) is 11.8 Å². The van der Waals surface area contributed by atoms with Crippen molar-refractivity contribution in [3.63, 3.8) is 0 Å². The lowest BCUT2D eigenvalue weighted by molar-refractivity contribution is -0.115. The number of nitrogens with one attached hydrogen (secondary N) is 2. The van der Waals surface area contributed by atoms with Gasteiger partial charge in [0.05, 0.1) is 5.69 Å². The molecule has 0 saturated heterocycles. The zero-order valence-corrected chi connectivity index (χ0v) is 23.7. The first kappa shape index (κ1) is 29.8. The van der Waals surface area contributed by atoms with Gasteiger partial charge in [-0.25, -0.2) is 0 Å². The molecule has 6 heteroatoms. The molecule has 0 spiro atoms. The van der Waals surface area contributed by atoms with E-state index in [2.05, 4.69) is 37.6 Å². The van der Waals surface area contributed by atoms with Gasteiger partial charge in [-0.05, 0) is 36.9 Å². The number of benzene rings is 1. The molecule has 0 fully saturated rings. The van der Waals surface area contributed by atoms with Crippen LogP contribution >= 0.6 is 11.8 Å². The number of rotatable bonds is 18. The number of carbonyl (C=O) groups excluding carboxylic acids is 2. The van der Waals surface area contributed by atoms with Crippen molar-refractivity contribution in [1.82, 2.24) is 5.32 Å². The van der Waals surface area contributed by atoms with Crippen molar-refractivity contribution >= 4 is 37.3 Å². The molecule has 0 aromatic heterocycles. The highest BCUT2D eigenvalue weighted by Gasteiger charge is 2.21. The van der Waals surface area contributed by atoms with E-state index < -0.39 is 8.07 Å². The topological polar surface area (TPSA) is 58.2 Å². The molecule has 1 rings (SSSR count). The van der Waals surface area contributed by atoms with Gasteiger partial charge >= 0.3 is 0 Å². The van der Waals surface area contributed by atoms with E-state index in [4.69, 9.17) is 0 Å². The quantitative estimate of drug-likeness (QED) is 0.124. The second-order valence-electron chi connectivity index (χ2n) is 9.96. The number of thioether (sulfide) groups is 1. The number of hydrogen-bond acceptors (Lipinski definition) is 3. The zero-order chi connectivity index (χ0) is 24.5. The van der Waals surface area contributed by atoms with Gasteiger partial charge in [0.1, 0.15) is 0 Å². The average molecular weight is 493 g/mol. The SMILES string of the molecule is CCCCCCCCCC[Si](C)(C)CCC(=O)Nc1cc(C(=O)NCCCC)ccc1SC. The molecule has 33 heavy (non-hydrogen) atoms. The van der Waals surface area contributed by atoms with E-state index in [-0.39, 0.29) is 11.8 Å². The Kier molecular flexibility index (Phi) is 15.5. The summed E-state index contributed by atoms with van der Waals surface area (Å²) in [5.41, 5.74) is 1.35. The van der Waals surface area contributed by atoms with Crippen molar-refractivity contribution in [2.24, 2.45) is 0 Å². The lowest BCUT2D eigenvalue weighted by Crippen LogP contribution is -2.27. The fraction of sp³-hybridized carbons (Fsp3) is 0.704. The molecule has 0 aliphatic heterocycles. The highest BCUT2D eigenvalue weighted by molar-refractivity contribution is 7.98. The van der Waals surface area contributed by atoms with E-state index in [1.165, 1.54) is 57.4 Å². The van der Waals surface area contributed by atoms with Crippen molar-refractivity contribution in [3.8, 4) is 0 Å². The predicted molar refractivity (Wildman–Crippen MR) is 148 cm³/mol. The molecule has 1 aromatic rings. The summed E-state index contributed by atoms with van der Waals surface area (Å²) in [6.45, 7) is 9.87. The Bertz CT molecular complexity index is 709. The van der Waals surface area contributed by atoms with Gasteiger partial charge < -0.3 is 10.6 Å². The third-order valence-corrected chi connectivity index (χ3v) is 10.4. The van der Waals surface area contributed by atoms with Gasteiger partial charge in [-0.2, -0.15) is 0 Å². The number of carbonyl (C=O) groups is 2. The minimum Gasteiger partial charge on any atom is -0.352 e. The van der Waals surface area contributed by atoms with Crippen LogP contribution in [0.3, 0.4) is 0 Å². The lowest BCUT2D eigenvalue weighted by Gasteiger charge is -2.22. The lowest BCUT2D eigenvalue weighted by atomic mass is 10.1. The van der Waals surface area contributed by atoms with Crippen LogP contribution in [0.2, 0.25) is 25.2 Å². The van der Waals surface area contributed by atoms with E-state index >= 15 is 0 Å². The van der Waals surface area contributed by atoms with Crippen LogP contribution in [0.15, 0.2) is 23.1 Å². The monoisotopic (exact) mass is 492 g/mol. The average Bonchev–Trinajstić information content (AvgIpc) is 2.79. The molecular weight excluding hydrogens is 444 g/mol. The van der Waals surface area contributed by atoms with Crippen LogP contribution in [0.1, 0.15) is 94.8 Å². The van der Waals surface area contributed by atoms with Crippen LogP contribution < -0.4 is 10.6 Å². The number of unbranched alkanes of at least 4 members (excludes halogenated alkanes) is 8. The summed E-state index contributed by atoms with van der Waals surface area (Å²) in [5, 5.41) is 6.03. The zero-order valence-electron chi connectivity index (χ0n) is 21.9. The minimum absolute atomic E-state index is 0.0605. The summed E-state index contributed by atoms with van der Waals surface area (Å²) < 4.78 is 0. The van der Waals surface area contributed by atoms with Crippen LogP contribution in [0, 0.1) is 0 Å². The van der Waals surface area contributed by atoms with Crippen molar-refractivity contribution in [3.05, 3.63) is 23.8 Å². The molecule has 2 amide bonds. The highest BCUT2D eigenvalue weighted by Crippen LogP contribution is 2.28. The first-order chi connectivity index (χ1) is 15.8. The first-order valence-electron chi connectivity index (χ1n) is 13.1. The molecule has 0 bridgehead atoms. The Balaban J connectivity index is 2.46. The van der Waals surface area contributed by atoms with Crippen molar-refractivity contribution in [2.75, 3.05) is 18.1 Å². The third kappa shape index (κ3) is 13.3. The van der Waals surface area contributed by atoms with Crippen molar-refractivity contribution < 1.29 is 9.59 Å². The van der Waals surface area contributed by atoms with E-state index in [9.17, 15) is 9.59 Å². The number of anilines is 1. The molecule has 0 atom stereocenters. The van der Waals surface area contributed by atoms with E-state index in [0.717, 1.165) is 29.5 Å². The molecule has 0 heterocycles. The summed E-state index contributed by atoms with van der Waals surface area (Å²) in [4.78, 5) is 26.1. The fourth-order valence-corrected chi connectivity index (χ4v) is 6.85. The molecule has 0 aliphatic carbocycles. The molecule has 0 unspecified atom stereocenters. The van der Waals surface area contributed by atoms with E-state index in [1.54, 1.807) is 11.8 Å². The summed E-state index contributed by atoms with van der Waals surface area (Å²) in [6, 6.07) is 7.90. The largest absolute Gasteiger partial charge is 0.352 e. The van der Waals surface area contributed by atoms with Crippen LogP contribution in [-0.4, -0.2) is 32.7 Å². The Morgan fingerprint density at radius 2 is 1.52 bits per heavy atom. The molecule has 188 valence electrons. The summed E-state index contributed by atoms with van der Waals surface area (Å²) >= 11 is 1.59. The standard InChI is InChI=1S/C27H48N2O2SSi/c1-6-8-10-11-12-13-14-15-20-33(4,5)21-18-26(30)29-24-22-23(16-17-25(24)32-3)27(31)28-19-9-7-2/h16-17,22H,6-15,18-21H2,1-5H3,(H,28,31)(H,29,30). The fourth-order valence-electron chi connectivity index (χ4n) is 3.95. The third-order valence-electron chi connectivity index (χ3n) is 6.29. The highest BCUT2D eigenvalue weighted by atomic mass is 32.2. The smallest absolute Gasteiger partial charge is 0.251 e. The maximum Gasteiger partial charge on any atom is 0.251 e. The molecule has 2 N–H and O–H groups in total. The number of hydrogen-bond donors (Lipinski definition) is 2. The van der Waals surface area contributed by atoms with Crippen LogP contribution in [0.4, 0.5) is 5.69 Å². The minimum atomic E-state index is -1.36. The Labute approximate surface area is 208 Å². The Morgan fingerprint density at radius 1 is 0.879 bits per heavy atom. The summed E-state index contributed by atoms with van der Waals surface area (Å²) in [7, 11) is -1.36. The maximum atomic E-state index is 12.7. The van der Waals surface area contributed by atoms with Crippen LogP contribution in [0.25, 0.3) is 0 Å². The second-order valence-corrected chi connectivity index (χ2v) is 16.1. The van der Waals surface area contributed by atoms with Crippen LogP contribution in [0.5, 0.6) is 0 Å². The van der Waals surface area contributed by atoms with Gasteiger partial charge in [0.2, 0.25) is 5.91 Å². The normalized spacial score (nSPS) is 11.4. The Morgan fingerprint density at radius 3 is 2.15 bits per heavy atom. The number of amides is 2. The molecular formula is C27H48N2O2SSi. The van der Waals surface area contributed by atoms with E-state index in [1.807, 2.05) is 24.5 Å². The van der Waals surface area contributed by atoms with Gasteiger partial charge in [0.15, 0.2) is 0 Å². The molecule has 0 aliphatic rings. The maximum absolute atomic E-state index is 12.7.